The summed E-state index contributed by atoms with van der Waals surface area (Å²) in [6.45, 7) is 1.81. The summed E-state index contributed by atoms with van der Waals surface area (Å²) in [5, 5.41) is 9.37. The molecule has 0 bridgehead atoms. The topological polar surface area (TPSA) is 55.5 Å². The Morgan fingerprint density at radius 1 is 1.50 bits per heavy atom. The molecule has 3 N–H and O–H groups in total. The van der Waals surface area contributed by atoms with E-state index >= 15 is 0 Å². The van der Waals surface area contributed by atoms with Gasteiger partial charge in [0.2, 0.25) is 0 Å². The van der Waals surface area contributed by atoms with Gasteiger partial charge < -0.3 is 15.6 Å². The van der Waals surface area contributed by atoms with E-state index in [2.05, 4.69) is 0 Å². The van der Waals surface area contributed by atoms with Crippen LogP contribution in [0, 0.1) is 0 Å². The van der Waals surface area contributed by atoms with Crippen molar-refractivity contribution >= 4 is 0 Å². The summed E-state index contributed by atoms with van der Waals surface area (Å²) in [4.78, 5) is 0. The molecular formula is C9H13NO2. The maximum atomic E-state index is 9.37. The van der Waals surface area contributed by atoms with Crippen LogP contribution >= 0.6 is 0 Å². The number of hydrogen-bond acceptors (Lipinski definition) is 3. The Labute approximate surface area is 71.8 Å². The zero-order valence-electron chi connectivity index (χ0n) is 7.24. The zero-order valence-corrected chi connectivity index (χ0v) is 7.24. The summed E-state index contributed by atoms with van der Waals surface area (Å²) >= 11 is 0. The number of benzene rings is 1. The molecule has 1 rings (SSSR count). The fraction of sp³-hybridized carbons (Fsp3) is 0.333. The van der Waals surface area contributed by atoms with Crippen molar-refractivity contribution < 1.29 is 9.84 Å². The molecule has 0 saturated heterocycles. The Kier molecular flexibility index (Phi) is 2.55. The van der Waals surface area contributed by atoms with Gasteiger partial charge in [0.1, 0.15) is 11.5 Å². The van der Waals surface area contributed by atoms with Crippen molar-refractivity contribution in [3.05, 3.63) is 23.8 Å². The molecule has 1 aromatic rings. The molecule has 0 saturated carbocycles. The van der Waals surface area contributed by atoms with Gasteiger partial charge in [0.25, 0.3) is 0 Å². The fourth-order valence-corrected chi connectivity index (χ4v) is 1.02. The van der Waals surface area contributed by atoms with Crippen molar-refractivity contribution in [2.45, 2.75) is 13.0 Å². The first-order valence-electron chi connectivity index (χ1n) is 3.77. The summed E-state index contributed by atoms with van der Waals surface area (Å²) in [6.07, 6.45) is 0. The second-order valence-electron chi connectivity index (χ2n) is 2.71. The second-order valence-corrected chi connectivity index (χ2v) is 2.71. The first kappa shape index (κ1) is 8.87. The summed E-state index contributed by atoms with van der Waals surface area (Å²) < 4.78 is 4.99. The van der Waals surface area contributed by atoms with Crippen LogP contribution in [0.5, 0.6) is 11.5 Å². The Hall–Kier alpha value is -1.22. The van der Waals surface area contributed by atoms with Crippen molar-refractivity contribution in [3.8, 4) is 11.5 Å². The van der Waals surface area contributed by atoms with E-state index in [0.29, 0.717) is 11.3 Å². The lowest BCUT2D eigenvalue weighted by Gasteiger charge is -2.09. The van der Waals surface area contributed by atoms with Crippen LogP contribution < -0.4 is 10.5 Å². The van der Waals surface area contributed by atoms with Gasteiger partial charge in [-0.1, -0.05) is 0 Å². The van der Waals surface area contributed by atoms with E-state index < -0.39 is 0 Å². The molecule has 0 fully saturated rings. The van der Waals surface area contributed by atoms with Crippen molar-refractivity contribution in [2.24, 2.45) is 5.73 Å². The van der Waals surface area contributed by atoms with E-state index in [-0.39, 0.29) is 11.8 Å². The number of nitrogens with two attached hydrogens (primary N) is 1. The Morgan fingerprint density at radius 3 is 2.67 bits per heavy atom. The first-order chi connectivity index (χ1) is 5.65. The van der Waals surface area contributed by atoms with Crippen molar-refractivity contribution in [1.29, 1.82) is 0 Å². The SMILES string of the molecule is COc1ccc(O)c([C@H](C)N)c1. The highest BCUT2D eigenvalue weighted by atomic mass is 16.5. The van der Waals surface area contributed by atoms with Gasteiger partial charge in [0.05, 0.1) is 7.11 Å². The van der Waals surface area contributed by atoms with E-state index in [9.17, 15) is 5.11 Å². The van der Waals surface area contributed by atoms with Crippen LogP contribution in [0.1, 0.15) is 18.5 Å². The van der Waals surface area contributed by atoms with Gasteiger partial charge >= 0.3 is 0 Å². The average Bonchev–Trinajstić information content (AvgIpc) is 2.05. The molecule has 0 heterocycles. The minimum absolute atomic E-state index is 0.180. The third-order valence-electron chi connectivity index (χ3n) is 1.73. The van der Waals surface area contributed by atoms with Crippen molar-refractivity contribution in [1.82, 2.24) is 0 Å². The van der Waals surface area contributed by atoms with Gasteiger partial charge in [-0.2, -0.15) is 0 Å². The number of methoxy groups -OCH3 is 1. The average molecular weight is 167 g/mol. The van der Waals surface area contributed by atoms with Crippen LogP contribution in [-0.4, -0.2) is 12.2 Å². The minimum Gasteiger partial charge on any atom is -0.508 e. The van der Waals surface area contributed by atoms with Crippen molar-refractivity contribution in [3.63, 3.8) is 0 Å². The number of hydrogen-bond donors (Lipinski definition) is 2. The third kappa shape index (κ3) is 1.68. The second kappa shape index (κ2) is 3.45. The normalized spacial score (nSPS) is 12.6. The van der Waals surface area contributed by atoms with E-state index in [1.54, 1.807) is 25.3 Å². The van der Waals surface area contributed by atoms with Gasteiger partial charge in [-0.05, 0) is 25.1 Å². The smallest absolute Gasteiger partial charge is 0.120 e. The molecule has 0 unspecified atom stereocenters. The summed E-state index contributed by atoms with van der Waals surface area (Å²) in [6, 6.07) is 4.83. The molecule has 0 radical (unpaired) electrons. The quantitative estimate of drug-likeness (QED) is 0.700. The molecule has 0 aromatic heterocycles. The lowest BCUT2D eigenvalue weighted by Crippen LogP contribution is -2.05. The van der Waals surface area contributed by atoms with Gasteiger partial charge in [0, 0.05) is 11.6 Å². The lowest BCUT2D eigenvalue weighted by molar-refractivity contribution is 0.410. The molecule has 3 nitrogen and oxygen atoms in total. The maximum absolute atomic E-state index is 9.37. The molecule has 0 spiro atoms. The molecule has 1 atom stereocenters. The zero-order chi connectivity index (χ0) is 9.14. The highest BCUT2D eigenvalue weighted by Crippen LogP contribution is 2.26. The molecule has 66 valence electrons. The highest BCUT2D eigenvalue weighted by Gasteiger charge is 2.06. The molecule has 12 heavy (non-hydrogen) atoms. The van der Waals surface area contributed by atoms with E-state index in [4.69, 9.17) is 10.5 Å². The van der Waals surface area contributed by atoms with Crippen LogP contribution in [0.25, 0.3) is 0 Å². The van der Waals surface area contributed by atoms with Crippen LogP contribution in [0.4, 0.5) is 0 Å². The Morgan fingerprint density at radius 2 is 2.17 bits per heavy atom. The standard InChI is InChI=1S/C9H13NO2/c1-6(10)8-5-7(12-2)3-4-9(8)11/h3-6,11H,10H2,1-2H3/t6-/m0/s1. The summed E-state index contributed by atoms with van der Waals surface area (Å²) in [5.41, 5.74) is 6.33. The predicted octanol–water partition coefficient (Wildman–Crippen LogP) is 1.42. The molecule has 0 aliphatic heterocycles. The molecule has 1 aromatic carbocycles. The Bertz CT molecular complexity index is 271. The molecule has 0 amide bonds. The van der Waals surface area contributed by atoms with E-state index in [1.807, 2.05) is 6.92 Å². The molecule has 0 aliphatic rings. The third-order valence-corrected chi connectivity index (χ3v) is 1.73. The monoisotopic (exact) mass is 167 g/mol. The maximum Gasteiger partial charge on any atom is 0.120 e. The van der Waals surface area contributed by atoms with Gasteiger partial charge in [-0.3, -0.25) is 0 Å². The molecule has 0 aliphatic carbocycles. The number of aromatic hydroxyl groups is 1. The van der Waals surface area contributed by atoms with Gasteiger partial charge in [0.15, 0.2) is 0 Å². The van der Waals surface area contributed by atoms with Crippen LogP contribution in [0.3, 0.4) is 0 Å². The predicted molar refractivity (Wildman–Crippen MR) is 47.3 cm³/mol. The lowest BCUT2D eigenvalue weighted by atomic mass is 10.1. The minimum atomic E-state index is -0.180. The number of phenols is 1. The number of ether oxygens (including phenoxy) is 1. The molecular weight excluding hydrogens is 154 g/mol. The largest absolute Gasteiger partial charge is 0.508 e. The fourth-order valence-electron chi connectivity index (χ4n) is 1.02. The summed E-state index contributed by atoms with van der Waals surface area (Å²) in [7, 11) is 1.58. The number of rotatable bonds is 2. The highest BCUT2D eigenvalue weighted by molar-refractivity contribution is 5.40. The van der Waals surface area contributed by atoms with Crippen LogP contribution in [0.15, 0.2) is 18.2 Å². The summed E-state index contributed by atoms with van der Waals surface area (Å²) in [5.74, 6) is 0.922. The van der Waals surface area contributed by atoms with Gasteiger partial charge in [-0.15, -0.1) is 0 Å². The van der Waals surface area contributed by atoms with Crippen molar-refractivity contribution in [2.75, 3.05) is 7.11 Å². The van der Waals surface area contributed by atoms with E-state index in [1.165, 1.54) is 0 Å². The van der Waals surface area contributed by atoms with E-state index in [0.717, 1.165) is 0 Å². The number of phenolic OH excluding ortho intramolecular Hbond substituents is 1. The molecule has 3 heteroatoms. The van der Waals surface area contributed by atoms with Crippen LogP contribution in [0.2, 0.25) is 0 Å². The first-order valence-corrected chi connectivity index (χ1v) is 3.77. The van der Waals surface area contributed by atoms with Gasteiger partial charge in [-0.25, -0.2) is 0 Å². The van der Waals surface area contributed by atoms with Crippen LogP contribution in [-0.2, 0) is 0 Å². The Balaban J connectivity index is 3.08.